The Morgan fingerprint density at radius 3 is 2.90 bits per heavy atom. The van der Waals surface area contributed by atoms with Gasteiger partial charge in [0.2, 0.25) is 6.43 Å². The molecule has 1 atom stereocenters. The molecule has 1 aliphatic rings. The maximum absolute atomic E-state index is 11.7. The highest BCUT2D eigenvalue weighted by Gasteiger charge is 2.17. The maximum Gasteiger partial charge on any atom is 0.240 e. The zero-order valence-corrected chi connectivity index (χ0v) is 5.65. The number of hydrogen-bond donors (Lipinski definition) is 1. The van der Waals surface area contributed by atoms with E-state index in [9.17, 15) is 8.78 Å². The van der Waals surface area contributed by atoms with Crippen LogP contribution in [0.3, 0.4) is 0 Å². The van der Waals surface area contributed by atoms with E-state index in [1.54, 1.807) is 0 Å². The second-order valence-corrected chi connectivity index (χ2v) is 2.35. The SMILES string of the molecule is FC(F)C[C@H]1COCCN1. The van der Waals surface area contributed by atoms with Crippen LogP contribution >= 0.6 is 0 Å². The van der Waals surface area contributed by atoms with Gasteiger partial charge < -0.3 is 10.1 Å². The Balaban J connectivity index is 2.13. The van der Waals surface area contributed by atoms with E-state index in [0.29, 0.717) is 19.8 Å². The van der Waals surface area contributed by atoms with Crippen molar-refractivity contribution >= 4 is 0 Å². The number of nitrogens with one attached hydrogen (secondary N) is 1. The summed E-state index contributed by atoms with van der Waals surface area (Å²) in [6, 6.07) is -0.145. The number of hydrogen-bond acceptors (Lipinski definition) is 2. The van der Waals surface area contributed by atoms with Gasteiger partial charge in [-0.25, -0.2) is 8.78 Å². The first kappa shape index (κ1) is 7.88. The topological polar surface area (TPSA) is 21.3 Å². The van der Waals surface area contributed by atoms with E-state index in [4.69, 9.17) is 4.74 Å². The van der Waals surface area contributed by atoms with Crippen LogP contribution in [-0.4, -0.2) is 32.2 Å². The van der Waals surface area contributed by atoms with Gasteiger partial charge in [-0.15, -0.1) is 0 Å². The van der Waals surface area contributed by atoms with Gasteiger partial charge in [-0.2, -0.15) is 0 Å². The Hall–Kier alpha value is -0.220. The fourth-order valence-corrected chi connectivity index (χ4v) is 0.986. The lowest BCUT2D eigenvalue weighted by Gasteiger charge is -2.23. The van der Waals surface area contributed by atoms with Gasteiger partial charge in [0.05, 0.1) is 13.2 Å². The Morgan fingerprint density at radius 2 is 2.40 bits per heavy atom. The third-order valence-electron chi connectivity index (χ3n) is 1.46. The standard InChI is InChI=1S/C6H11F2NO/c7-6(8)3-5-4-10-2-1-9-5/h5-6,9H,1-4H2/t5-/m0/s1. The maximum atomic E-state index is 11.7. The molecule has 0 radical (unpaired) electrons. The second kappa shape index (κ2) is 3.83. The van der Waals surface area contributed by atoms with Crippen molar-refractivity contribution in [2.75, 3.05) is 19.8 Å². The summed E-state index contributed by atoms with van der Waals surface area (Å²) < 4.78 is 28.4. The summed E-state index contributed by atoms with van der Waals surface area (Å²) in [4.78, 5) is 0. The van der Waals surface area contributed by atoms with E-state index in [0.717, 1.165) is 0 Å². The van der Waals surface area contributed by atoms with Crippen molar-refractivity contribution in [2.24, 2.45) is 0 Å². The van der Waals surface area contributed by atoms with Gasteiger partial charge in [-0.3, -0.25) is 0 Å². The van der Waals surface area contributed by atoms with Gasteiger partial charge in [0.15, 0.2) is 0 Å². The lowest BCUT2D eigenvalue weighted by molar-refractivity contribution is 0.0434. The predicted octanol–water partition coefficient (Wildman–Crippen LogP) is 0.630. The largest absolute Gasteiger partial charge is 0.379 e. The predicted molar refractivity (Wildman–Crippen MR) is 33.2 cm³/mol. The summed E-state index contributed by atoms with van der Waals surface area (Å²) in [6.07, 6.45) is -2.32. The van der Waals surface area contributed by atoms with Crippen LogP contribution in [0, 0.1) is 0 Å². The fraction of sp³-hybridized carbons (Fsp3) is 1.00. The highest BCUT2D eigenvalue weighted by Crippen LogP contribution is 2.05. The number of halogens is 2. The van der Waals surface area contributed by atoms with Crippen molar-refractivity contribution in [3.8, 4) is 0 Å². The summed E-state index contributed by atoms with van der Waals surface area (Å²) >= 11 is 0. The number of morpholine rings is 1. The molecule has 0 saturated carbocycles. The van der Waals surface area contributed by atoms with E-state index in [1.807, 2.05) is 0 Å². The monoisotopic (exact) mass is 151 g/mol. The smallest absolute Gasteiger partial charge is 0.240 e. The molecule has 1 rings (SSSR count). The Kier molecular flexibility index (Phi) is 3.02. The van der Waals surface area contributed by atoms with Crippen molar-refractivity contribution in [3.05, 3.63) is 0 Å². The van der Waals surface area contributed by atoms with Crippen LogP contribution in [0.4, 0.5) is 8.78 Å². The molecule has 0 amide bonds. The molecule has 1 saturated heterocycles. The summed E-state index contributed by atoms with van der Waals surface area (Å²) in [5.74, 6) is 0. The molecule has 0 aromatic carbocycles. The van der Waals surface area contributed by atoms with Gasteiger partial charge in [0.25, 0.3) is 0 Å². The van der Waals surface area contributed by atoms with Gasteiger partial charge in [0, 0.05) is 19.0 Å². The molecule has 1 fully saturated rings. The zero-order valence-electron chi connectivity index (χ0n) is 5.65. The van der Waals surface area contributed by atoms with Crippen molar-refractivity contribution in [1.82, 2.24) is 5.32 Å². The normalized spacial score (nSPS) is 27.3. The van der Waals surface area contributed by atoms with E-state index in [-0.39, 0.29) is 12.5 Å². The molecular formula is C6H11F2NO. The molecule has 0 aromatic rings. The molecular weight excluding hydrogens is 140 g/mol. The van der Waals surface area contributed by atoms with E-state index in [1.165, 1.54) is 0 Å². The summed E-state index contributed by atoms with van der Waals surface area (Å²) in [5.41, 5.74) is 0. The Labute approximate surface area is 58.6 Å². The van der Waals surface area contributed by atoms with Gasteiger partial charge in [-0.1, -0.05) is 0 Å². The minimum Gasteiger partial charge on any atom is -0.379 e. The van der Waals surface area contributed by atoms with Crippen molar-refractivity contribution in [1.29, 1.82) is 0 Å². The van der Waals surface area contributed by atoms with Crippen LogP contribution in [0.1, 0.15) is 6.42 Å². The summed E-state index contributed by atoms with van der Waals surface area (Å²) in [7, 11) is 0. The zero-order chi connectivity index (χ0) is 7.40. The molecule has 1 N–H and O–H groups in total. The van der Waals surface area contributed by atoms with Gasteiger partial charge in [-0.05, 0) is 0 Å². The molecule has 0 bridgehead atoms. The summed E-state index contributed by atoms with van der Waals surface area (Å²) in [5, 5.41) is 2.95. The third-order valence-corrected chi connectivity index (χ3v) is 1.46. The number of ether oxygens (including phenoxy) is 1. The third kappa shape index (κ3) is 2.58. The van der Waals surface area contributed by atoms with Gasteiger partial charge in [0.1, 0.15) is 0 Å². The molecule has 60 valence electrons. The molecule has 4 heteroatoms. The lowest BCUT2D eigenvalue weighted by atomic mass is 10.2. The van der Waals surface area contributed by atoms with Crippen LogP contribution in [-0.2, 0) is 4.74 Å². The van der Waals surface area contributed by atoms with Crippen molar-refractivity contribution in [2.45, 2.75) is 18.9 Å². The van der Waals surface area contributed by atoms with Crippen LogP contribution in [0.25, 0.3) is 0 Å². The molecule has 0 aromatic heterocycles. The van der Waals surface area contributed by atoms with Crippen LogP contribution in [0.5, 0.6) is 0 Å². The van der Waals surface area contributed by atoms with Crippen molar-refractivity contribution in [3.63, 3.8) is 0 Å². The molecule has 0 spiro atoms. The van der Waals surface area contributed by atoms with E-state index in [2.05, 4.69) is 5.32 Å². The first-order valence-corrected chi connectivity index (χ1v) is 3.38. The molecule has 2 nitrogen and oxygen atoms in total. The van der Waals surface area contributed by atoms with E-state index >= 15 is 0 Å². The lowest BCUT2D eigenvalue weighted by Crippen LogP contribution is -2.42. The summed E-state index contributed by atoms with van der Waals surface area (Å²) in [6.45, 7) is 1.75. The minimum absolute atomic E-state index is 0.0972. The first-order chi connectivity index (χ1) is 4.79. The highest BCUT2D eigenvalue weighted by atomic mass is 19.3. The quantitative estimate of drug-likeness (QED) is 0.625. The molecule has 1 heterocycles. The average Bonchev–Trinajstić information content (AvgIpc) is 1.88. The molecule has 0 unspecified atom stereocenters. The van der Waals surface area contributed by atoms with Crippen LogP contribution in [0.15, 0.2) is 0 Å². The van der Waals surface area contributed by atoms with E-state index < -0.39 is 6.43 Å². The van der Waals surface area contributed by atoms with Crippen molar-refractivity contribution < 1.29 is 13.5 Å². The van der Waals surface area contributed by atoms with Crippen LogP contribution < -0.4 is 5.32 Å². The average molecular weight is 151 g/mol. The molecule has 1 aliphatic heterocycles. The Bertz CT molecular complexity index is 93.7. The van der Waals surface area contributed by atoms with Crippen LogP contribution in [0.2, 0.25) is 0 Å². The van der Waals surface area contributed by atoms with Gasteiger partial charge >= 0.3 is 0 Å². The number of alkyl halides is 2. The molecule has 10 heavy (non-hydrogen) atoms. The number of rotatable bonds is 2. The second-order valence-electron chi connectivity index (χ2n) is 2.35. The fourth-order valence-electron chi connectivity index (χ4n) is 0.986. The minimum atomic E-state index is -2.22. The first-order valence-electron chi connectivity index (χ1n) is 3.38. The highest BCUT2D eigenvalue weighted by molar-refractivity contribution is 4.70. The molecule has 0 aliphatic carbocycles. The Morgan fingerprint density at radius 1 is 1.60 bits per heavy atom.